The number of carbonyl (C=O) groups is 2. The van der Waals surface area contributed by atoms with Gasteiger partial charge in [0.05, 0.1) is 11.8 Å². The van der Waals surface area contributed by atoms with Gasteiger partial charge in [-0.25, -0.2) is 0 Å². The van der Waals surface area contributed by atoms with Crippen LogP contribution in [-0.4, -0.2) is 11.6 Å². The molecular weight excluding hydrogens is 368 g/mol. The zero-order valence-electron chi connectivity index (χ0n) is 20.0. The molecule has 0 heterocycles. The summed E-state index contributed by atoms with van der Waals surface area (Å²) in [4.78, 5) is 26.7. The van der Waals surface area contributed by atoms with Crippen molar-refractivity contribution >= 4 is 22.7 Å². The van der Waals surface area contributed by atoms with E-state index in [1.807, 2.05) is 0 Å². The standard InChI is InChI=1S/C28H32O2/c1-11(2)19-17(9)23-24(18(10)20(19)12(3)4)26-22-16(8)14(6)13(5)15(7)21(22)25(23)27(29)28(26)30/h25-26H,1-10H3. The first-order chi connectivity index (χ1) is 13.9. The number of Topliss-reactive ketones (excluding diaryl/α,β-unsaturated/α-hetero) is 2. The summed E-state index contributed by atoms with van der Waals surface area (Å²) in [5.41, 5.74) is 14.1. The van der Waals surface area contributed by atoms with Gasteiger partial charge in [0, 0.05) is 0 Å². The Labute approximate surface area is 179 Å². The average Bonchev–Trinajstić information content (AvgIpc) is 2.68. The second-order valence-corrected chi connectivity index (χ2v) is 9.75. The fraction of sp³-hybridized carbons (Fsp3) is 0.429. The molecular formula is C28H32O2. The Morgan fingerprint density at radius 3 is 1.00 bits per heavy atom. The highest BCUT2D eigenvalue weighted by molar-refractivity contribution is 6.45. The molecule has 2 heteroatoms. The molecule has 2 atom stereocenters. The molecule has 2 unspecified atom stereocenters. The summed E-state index contributed by atoms with van der Waals surface area (Å²) in [6, 6.07) is 0. The molecule has 2 bridgehead atoms. The minimum atomic E-state index is -0.464. The molecule has 0 saturated carbocycles. The van der Waals surface area contributed by atoms with Crippen LogP contribution >= 0.6 is 0 Å². The van der Waals surface area contributed by atoms with Crippen LogP contribution in [0.3, 0.4) is 0 Å². The quantitative estimate of drug-likeness (QED) is 0.604. The van der Waals surface area contributed by atoms with Gasteiger partial charge in [-0.3, -0.25) is 9.59 Å². The van der Waals surface area contributed by atoms with Crippen molar-refractivity contribution in [2.75, 3.05) is 0 Å². The smallest absolute Gasteiger partial charge is 0.211 e. The highest BCUT2D eigenvalue weighted by Gasteiger charge is 2.52. The van der Waals surface area contributed by atoms with Crippen LogP contribution in [0.4, 0.5) is 0 Å². The second-order valence-electron chi connectivity index (χ2n) is 9.75. The Balaban J connectivity index is 2.34. The summed E-state index contributed by atoms with van der Waals surface area (Å²) in [7, 11) is 0. The number of ketones is 2. The monoisotopic (exact) mass is 400 g/mol. The first kappa shape index (κ1) is 20.8. The zero-order valence-corrected chi connectivity index (χ0v) is 20.0. The van der Waals surface area contributed by atoms with Crippen molar-refractivity contribution in [1.82, 2.24) is 0 Å². The Morgan fingerprint density at radius 1 is 0.467 bits per heavy atom. The van der Waals surface area contributed by atoms with E-state index in [1.54, 1.807) is 0 Å². The summed E-state index contributed by atoms with van der Waals surface area (Å²) in [6.07, 6.45) is 0. The van der Waals surface area contributed by atoms with Gasteiger partial charge >= 0.3 is 0 Å². The Hall–Kier alpha value is -2.48. The number of carbonyl (C=O) groups excluding carboxylic acids is 2. The van der Waals surface area contributed by atoms with E-state index in [2.05, 4.69) is 69.2 Å². The van der Waals surface area contributed by atoms with Crippen LogP contribution in [0.1, 0.15) is 95.2 Å². The van der Waals surface area contributed by atoms with Gasteiger partial charge in [0.2, 0.25) is 11.6 Å². The van der Waals surface area contributed by atoms with E-state index in [1.165, 1.54) is 55.0 Å². The van der Waals surface area contributed by atoms with Crippen molar-refractivity contribution in [3.8, 4) is 0 Å². The van der Waals surface area contributed by atoms with E-state index < -0.39 is 11.8 Å². The number of benzene rings is 2. The summed E-state index contributed by atoms with van der Waals surface area (Å²) in [6.45, 7) is 21.4. The normalized spacial score (nSPS) is 19.1. The van der Waals surface area contributed by atoms with Gasteiger partial charge < -0.3 is 0 Å². The lowest BCUT2D eigenvalue weighted by Crippen LogP contribution is -2.47. The van der Waals surface area contributed by atoms with Crippen molar-refractivity contribution < 1.29 is 9.59 Å². The van der Waals surface area contributed by atoms with Crippen LogP contribution in [-0.2, 0) is 9.59 Å². The zero-order chi connectivity index (χ0) is 22.4. The molecule has 0 aromatic heterocycles. The molecule has 2 aromatic rings. The van der Waals surface area contributed by atoms with Crippen molar-refractivity contribution in [3.63, 3.8) is 0 Å². The van der Waals surface area contributed by atoms with Crippen LogP contribution < -0.4 is 10.4 Å². The maximum Gasteiger partial charge on any atom is 0.211 e. The van der Waals surface area contributed by atoms with E-state index in [0.717, 1.165) is 22.3 Å². The van der Waals surface area contributed by atoms with Gasteiger partial charge in [-0.2, -0.15) is 0 Å². The first-order valence-corrected chi connectivity index (χ1v) is 10.9. The third-order valence-electron chi connectivity index (χ3n) is 7.81. The summed E-state index contributed by atoms with van der Waals surface area (Å²) in [5, 5.41) is 2.50. The molecule has 2 nitrogen and oxygen atoms in total. The van der Waals surface area contributed by atoms with Crippen LogP contribution in [0.5, 0.6) is 0 Å². The minimum Gasteiger partial charge on any atom is -0.290 e. The van der Waals surface area contributed by atoms with E-state index in [-0.39, 0.29) is 11.6 Å². The number of hydrogen-bond acceptors (Lipinski definition) is 2. The topological polar surface area (TPSA) is 34.1 Å². The minimum absolute atomic E-state index is 0.224. The number of fused-ring (bicyclic) bond motifs is 1. The third kappa shape index (κ3) is 2.31. The lowest BCUT2D eigenvalue weighted by atomic mass is 9.58. The van der Waals surface area contributed by atoms with E-state index >= 15 is 0 Å². The Morgan fingerprint density at radius 2 is 0.733 bits per heavy atom. The molecule has 3 aliphatic rings. The van der Waals surface area contributed by atoms with Crippen LogP contribution in [0.25, 0.3) is 11.1 Å². The first-order valence-electron chi connectivity index (χ1n) is 10.9. The third-order valence-corrected chi connectivity index (χ3v) is 7.81. The van der Waals surface area contributed by atoms with Gasteiger partial charge in [0.15, 0.2) is 0 Å². The molecule has 0 amide bonds. The maximum atomic E-state index is 13.4. The molecule has 156 valence electrons. The van der Waals surface area contributed by atoms with Crippen molar-refractivity contribution in [3.05, 3.63) is 66.1 Å². The Bertz CT molecular complexity index is 1210. The van der Waals surface area contributed by atoms with Crippen molar-refractivity contribution in [2.45, 2.75) is 81.1 Å². The van der Waals surface area contributed by atoms with Crippen LogP contribution in [0.2, 0.25) is 0 Å². The largest absolute Gasteiger partial charge is 0.290 e. The van der Waals surface area contributed by atoms with Crippen LogP contribution in [0, 0.1) is 41.5 Å². The predicted octanol–water partition coefficient (Wildman–Crippen LogP) is 4.65. The van der Waals surface area contributed by atoms with Crippen LogP contribution in [0.15, 0.2) is 0 Å². The van der Waals surface area contributed by atoms with E-state index in [4.69, 9.17) is 0 Å². The summed E-state index contributed by atoms with van der Waals surface area (Å²) < 4.78 is 0. The van der Waals surface area contributed by atoms with Crippen molar-refractivity contribution in [1.29, 1.82) is 0 Å². The molecule has 0 spiro atoms. The average molecular weight is 401 g/mol. The summed E-state index contributed by atoms with van der Waals surface area (Å²) in [5.74, 6) is -1.38. The lowest BCUT2D eigenvalue weighted by Gasteiger charge is -2.43. The molecule has 3 aliphatic carbocycles. The van der Waals surface area contributed by atoms with Gasteiger partial charge in [0.25, 0.3) is 0 Å². The molecule has 0 fully saturated rings. The molecule has 0 N–H and O–H groups in total. The number of rotatable bonds is 0. The SMILES string of the molecule is CC(C)=c1c(C)c2c(c(C)c1=C(C)C)C1C(=O)C(=O)C2c2c(C)c(C)c(C)c(C)c21. The highest BCUT2D eigenvalue weighted by Crippen LogP contribution is 2.53. The lowest BCUT2D eigenvalue weighted by molar-refractivity contribution is -0.138. The fourth-order valence-corrected chi connectivity index (χ4v) is 6.25. The summed E-state index contributed by atoms with van der Waals surface area (Å²) >= 11 is 0. The maximum absolute atomic E-state index is 13.4. The number of hydrogen-bond donors (Lipinski definition) is 0. The highest BCUT2D eigenvalue weighted by atomic mass is 16.2. The molecule has 5 rings (SSSR count). The van der Waals surface area contributed by atoms with Crippen molar-refractivity contribution in [2.24, 2.45) is 0 Å². The van der Waals surface area contributed by atoms with Gasteiger partial charge in [-0.1, -0.05) is 11.1 Å². The van der Waals surface area contributed by atoms with Gasteiger partial charge in [0.1, 0.15) is 0 Å². The van der Waals surface area contributed by atoms with E-state index in [9.17, 15) is 9.59 Å². The molecule has 30 heavy (non-hydrogen) atoms. The van der Waals surface area contributed by atoms with E-state index in [0.29, 0.717) is 0 Å². The molecule has 0 aliphatic heterocycles. The predicted molar refractivity (Wildman–Crippen MR) is 124 cm³/mol. The molecule has 0 radical (unpaired) electrons. The molecule has 0 saturated heterocycles. The molecule has 2 aromatic carbocycles. The van der Waals surface area contributed by atoms with Gasteiger partial charge in [-0.05, 0) is 135 Å². The second kappa shape index (κ2) is 6.51. The Kier molecular flexibility index (Phi) is 4.51. The van der Waals surface area contributed by atoms with Gasteiger partial charge in [-0.15, -0.1) is 0 Å². The fourth-order valence-electron chi connectivity index (χ4n) is 6.25.